The van der Waals surface area contributed by atoms with E-state index in [0.717, 1.165) is 45.4 Å². The van der Waals surface area contributed by atoms with Gasteiger partial charge in [0.15, 0.2) is 0 Å². The number of likely N-dealkylation sites (tertiary alicyclic amines) is 1. The molecule has 2 heterocycles. The van der Waals surface area contributed by atoms with Crippen LogP contribution in [-0.2, 0) is 9.59 Å². The van der Waals surface area contributed by atoms with E-state index in [0.29, 0.717) is 12.5 Å². The first-order valence-electron chi connectivity index (χ1n) is 9.61. The van der Waals surface area contributed by atoms with Crippen molar-refractivity contribution in [3.63, 3.8) is 0 Å². The predicted molar refractivity (Wildman–Crippen MR) is 103 cm³/mol. The average Bonchev–Trinajstić information content (AvgIpc) is 3.09. The molecule has 142 valence electrons. The Kier molecular flexibility index (Phi) is 6.14. The lowest BCUT2D eigenvalue weighted by Gasteiger charge is -2.31. The van der Waals surface area contributed by atoms with Crippen LogP contribution in [0.5, 0.6) is 0 Å². The van der Waals surface area contributed by atoms with Crippen LogP contribution in [0.1, 0.15) is 24.8 Å². The standard InChI is InChI=1S/C20H30N4O2/c1-15-4-6-18(7-5-15)24-10-8-16(12-24)11-22-20(26)17-3-2-9-23(13-17)14-19(21)25/h4-7,16-17H,2-3,8-14H2,1H3,(H2,21,25)(H,22,26). The number of carbonyl (C=O) groups is 2. The van der Waals surface area contributed by atoms with Crippen molar-refractivity contribution in [3.05, 3.63) is 29.8 Å². The van der Waals surface area contributed by atoms with Crippen LogP contribution in [-0.4, -0.2) is 56.0 Å². The van der Waals surface area contributed by atoms with Crippen molar-refractivity contribution in [2.45, 2.75) is 26.2 Å². The molecule has 0 bridgehead atoms. The molecule has 0 spiro atoms. The molecule has 26 heavy (non-hydrogen) atoms. The fourth-order valence-corrected chi connectivity index (χ4v) is 4.01. The zero-order valence-corrected chi connectivity index (χ0v) is 15.6. The Labute approximate surface area is 155 Å². The number of primary amides is 1. The van der Waals surface area contributed by atoms with Gasteiger partial charge in [0, 0.05) is 31.9 Å². The summed E-state index contributed by atoms with van der Waals surface area (Å²) in [6.45, 7) is 6.59. The summed E-state index contributed by atoms with van der Waals surface area (Å²) in [5.74, 6) is 0.254. The Hall–Kier alpha value is -2.08. The van der Waals surface area contributed by atoms with E-state index in [9.17, 15) is 9.59 Å². The van der Waals surface area contributed by atoms with Gasteiger partial charge in [0.1, 0.15) is 0 Å². The number of carbonyl (C=O) groups excluding carboxylic acids is 2. The summed E-state index contributed by atoms with van der Waals surface area (Å²) in [6.07, 6.45) is 2.93. The lowest BCUT2D eigenvalue weighted by molar-refractivity contribution is -0.128. The maximum Gasteiger partial charge on any atom is 0.231 e. The Balaban J connectivity index is 1.43. The highest BCUT2D eigenvalue weighted by Gasteiger charge is 2.28. The minimum Gasteiger partial charge on any atom is -0.371 e. The fourth-order valence-electron chi connectivity index (χ4n) is 4.01. The largest absolute Gasteiger partial charge is 0.371 e. The second kappa shape index (κ2) is 8.54. The molecule has 6 nitrogen and oxygen atoms in total. The van der Waals surface area contributed by atoms with E-state index in [-0.39, 0.29) is 24.3 Å². The van der Waals surface area contributed by atoms with Crippen molar-refractivity contribution >= 4 is 17.5 Å². The number of benzene rings is 1. The van der Waals surface area contributed by atoms with Gasteiger partial charge >= 0.3 is 0 Å². The lowest BCUT2D eigenvalue weighted by Crippen LogP contribution is -2.46. The van der Waals surface area contributed by atoms with Crippen molar-refractivity contribution < 1.29 is 9.59 Å². The predicted octanol–water partition coefficient (Wildman–Crippen LogP) is 1.13. The van der Waals surface area contributed by atoms with E-state index in [1.165, 1.54) is 11.3 Å². The summed E-state index contributed by atoms with van der Waals surface area (Å²) in [4.78, 5) is 28.0. The molecule has 0 saturated carbocycles. The van der Waals surface area contributed by atoms with Crippen LogP contribution < -0.4 is 16.0 Å². The maximum atomic E-state index is 12.5. The van der Waals surface area contributed by atoms with Crippen LogP contribution in [0.3, 0.4) is 0 Å². The SMILES string of the molecule is Cc1ccc(N2CCC(CNC(=O)C3CCCN(CC(N)=O)C3)C2)cc1. The molecule has 2 aliphatic heterocycles. The first kappa shape index (κ1) is 18.7. The summed E-state index contributed by atoms with van der Waals surface area (Å²) in [6, 6.07) is 8.63. The van der Waals surface area contributed by atoms with E-state index >= 15 is 0 Å². The number of hydrogen-bond donors (Lipinski definition) is 2. The number of nitrogens with zero attached hydrogens (tertiary/aromatic N) is 2. The average molecular weight is 358 g/mol. The normalized spacial score (nSPS) is 23.8. The van der Waals surface area contributed by atoms with Crippen LogP contribution in [0.25, 0.3) is 0 Å². The number of piperidine rings is 1. The van der Waals surface area contributed by atoms with Crippen LogP contribution in [0.15, 0.2) is 24.3 Å². The van der Waals surface area contributed by atoms with Crippen molar-refractivity contribution in [3.8, 4) is 0 Å². The van der Waals surface area contributed by atoms with E-state index < -0.39 is 0 Å². The summed E-state index contributed by atoms with van der Waals surface area (Å²) in [7, 11) is 0. The molecule has 2 amide bonds. The van der Waals surface area contributed by atoms with E-state index in [1.807, 2.05) is 4.90 Å². The third-order valence-electron chi connectivity index (χ3n) is 5.51. The van der Waals surface area contributed by atoms with Crippen molar-refractivity contribution in [1.29, 1.82) is 0 Å². The Morgan fingerprint density at radius 2 is 1.92 bits per heavy atom. The topological polar surface area (TPSA) is 78.7 Å². The van der Waals surface area contributed by atoms with Gasteiger partial charge in [0.2, 0.25) is 11.8 Å². The molecule has 2 unspecified atom stereocenters. The van der Waals surface area contributed by atoms with Crippen molar-refractivity contribution in [2.24, 2.45) is 17.6 Å². The van der Waals surface area contributed by atoms with E-state index in [1.54, 1.807) is 0 Å². The molecule has 6 heteroatoms. The fraction of sp³-hybridized carbons (Fsp3) is 0.600. The number of nitrogens with two attached hydrogens (primary N) is 1. The molecule has 0 aliphatic carbocycles. The Morgan fingerprint density at radius 3 is 2.65 bits per heavy atom. The molecule has 2 aliphatic rings. The van der Waals surface area contributed by atoms with Gasteiger partial charge in [-0.15, -0.1) is 0 Å². The molecular weight excluding hydrogens is 328 g/mol. The van der Waals surface area contributed by atoms with Gasteiger partial charge < -0.3 is 16.0 Å². The van der Waals surface area contributed by atoms with Crippen molar-refractivity contribution in [2.75, 3.05) is 44.2 Å². The van der Waals surface area contributed by atoms with E-state index in [4.69, 9.17) is 5.73 Å². The third kappa shape index (κ3) is 4.97. The molecular formula is C20H30N4O2. The summed E-state index contributed by atoms with van der Waals surface area (Å²) < 4.78 is 0. The lowest BCUT2D eigenvalue weighted by atomic mass is 9.96. The second-order valence-corrected chi connectivity index (χ2v) is 7.72. The first-order chi connectivity index (χ1) is 12.5. The molecule has 0 radical (unpaired) electrons. The zero-order valence-electron chi connectivity index (χ0n) is 15.6. The van der Waals surface area contributed by atoms with Gasteiger partial charge in [-0.05, 0) is 50.8 Å². The molecule has 3 rings (SSSR count). The van der Waals surface area contributed by atoms with Gasteiger partial charge in [0.25, 0.3) is 0 Å². The number of nitrogens with one attached hydrogen (secondary N) is 1. The number of hydrogen-bond acceptors (Lipinski definition) is 4. The molecule has 2 saturated heterocycles. The maximum absolute atomic E-state index is 12.5. The highest BCUT2D eigenvalue weighted by atomic mass is 16.2. The summed E-state index contributed by atoms with van der Waals surface area (Å²) >= 11 is 0. The van der Waals surface area contributed by atoms with Gasteiger partial charge in [-0.25, -0.2) is 0 Å². The van der Waals surface area contributed by atoms with Gasteiger partial charge in [-0.3, -0.25) is 14.5 Å². The van der Waals surface area contributed by atoms with Crippen LogP contribution >= 0.6 is 0 Å². The molecule has 1 aromatic carbocycles. The highest BCUT2D eigenvalue weighted by Crippen LogP contribution is 2.24. The van der Waals surface area contributed by atoms with Gasteiger partial charge in [-0.1, -0.05) is 17.7 Å². The molecule has 3 N–H and O–H groups in total. The Morgan fingerprint density at radius 1 is 1.15 bits per heavy atom. The quantitative estimate of drug-likeness (QED) is 0.799. The summed E-state index contributed by atoms with van der Waals surface area (Å²) in [5.41, 5.74) is 7.81. The first-order valence-corrected chi connectivity index (χ1v) is 9.61. The molecule has 1 aromatic rings. The molecule has 0 aromatic heterocycles. The monoisotopic (exact) mass is 358 g/mol. The van der Waals surface area contributed by atoms with E-state index in [2.05, 4.69) is 41.4 Å². The van der Waals surface area contributed by atoms with Crippen molar-refractivity contribution in [1.82, 2.24) is 10.2 Å². The van der Waals surface area contributed by atoms with Crippen LogP contribution in [0.2, 0.25) is 0 Å². The minimum atomic E-state index is -0.326. The Bertz CT molecular complexity index is 631. The van der Waals surface area contributed by atoms with Crippen LogP contribution in [0.4, 0.5) is 5.69 Å². The highest BCUT2D eigenvalue weighted by molar-refractivity contribution is 5.79. The second-order valence-electron chi connectivity index (χ2n) is 7.72. The zero-order chi connectivity index (χ0) is 18.5. The number of rotatable bonds is 6. The molecule has 2 fully saturated rings. The number of anilines is 1. The summed E-state index contributed by atoms with van der Waals surface area (Å²) in [5, 5.41) is 3.14. The smallest absolute Gasteiger partial charge is 0.231 e. The third-order valence-corrected chi connectivity index (χ3v) is 5.51. The molecule has 2 atom stereocenters. The van der Waals surface area contributed by atoms with Crippen LogP contribution in [0, 0.1) is 18.8 Å². The minimum absolute atomic E-state index is 0.0299. The number of amides is 2. The number of aryl methyl sites for hydroxylation is 1. The van der Waals surface area contributed by atoms with Gasteiger partial charge in [0.05, 0.1) is 12.5 Å². The van der Waals surface area contributed by atoms with Gasteiger partial charge in [-0.2, -0.15) is 0 Å².